The maximum atomic E-state index is 8.52. The number of thiocarbonyl (C=S) groups is 1. The Morgan fingerprint density at radius 1 is 1.47 bits per heavy atom. The van der Waals surface area contributed by atoms with E-state index in [0.717, 1.165) is 12.8 Å². The molecule has 89 valence electrons. The summed E-state index contributed by atoms with van der Waals surface area (Å²) in [5.41, 5.74) is 0. The minimum atomic E-state index is -5.17. The van der Waals surface area contributed by atoms with Crippen molar-refractivity contribution < 1.29 is 68.9 Å². The molecule has 0 aliphatic carbocycles. The summed E-state index contributed by atoms with van der Waals surface area (Å²) in [5.74, 6) is 0. The van der Waals surface area contributed by atoms with E-state index in [1.165, 1.54) is 0 Å². The van der Waals surface area contributed by atoms with E-state index in [2.05, 4.69) is 31.8 Å². The van der Waals surface area contributed by atoms with Gasteiger partial charge in [-0.3, -0.25) is 8.42 Å². The molecule has 0 spiro atoms. The van der Waals surface area contributed by atoms with Crippen molar-refractivity contribution in [3.63, 3.8) is 0 Å². The predicted octanol–water partition coefficient (Wildman–Crippen LogP) is -2.70. The van der Waals surface area contributed by atoms with E-state index in [4.69, 9.17) is 22.3 Å². The Balaban J connectivity index is -0.0000000770. The van der Waals surface area contributed by atoms with Crippen LogP contribution in [0, 0.1) is 0 Å². The van der Waals surface area contributed by atoms with E-state index in [1.807, 2.05) is 0 Å². The molecule has 5 nitrogen and oxygen atoms in total. The molecule has 0 N–H and O–H groups in total. The molecule has 0 aromatic carbocycles. The smallest absolute Gasteiger partial charge is 0.759 e. The molecule has 0 aromatic heterocycles. The van der Waals surface area contributed by atoms with Gasteiger partial charge in [-0.1, -0.05) is 13.3 Å². The topological polar surface area (TPSA) is 89.5 Å². The first-order valence-electron chi connectivity index (χ1n) is 3.27. The minimum Gasteiger partial charge on any atom is -0.759 e. The van der Waals surface area contributed by atoms with E-state index in [1.54, 1.807) is 0 Å². The quantitative estimate of drug-likeness (QED) is 0.139. The van der Waals surface area contributed by atoms with E-state index in [9.17, 15) is 0 Å². The normalized spacial score (nSPS) is 8.47. The molecule has 0 amide bonds. The Morgan fingerprint density at radius 3 is 2.00 bits per heavy atom. The third-order valence-corrected chi connectivity index (χ3v) is 0.954. The summed E-state index contributed by atoms with van der Waals surface area (Å²) < 4.78 is 39.1. The molecule has 1 radical (unpaired) electrons. The van der Waals surface area contributed by atoms with Crippen LogP contribution in [-0.2, 0) is 44.8 Å². The zero-order valence-corrected chi connectivity index (χ0v) is 13.6. The molecule has 0 unspecified atom stereocenters. The molecular formula is C5H9CuNaO5S3. The van der Waals surface area contributed by atoms with Gasteiger partial charge in [-0.25, -0.2) is 0 Å². The summed E-state index contributed by atoms with van der Waals surface area (Å²) in [4.78, 5) is 0. The zero-order chi connectivity index (χ0) is 10.9. The van der Waals surface area contributed by atoms with Crippen molar-refractivity contribution in [1.82, 2.24) is 0 Å². The fourth-order valence-electron chi connectivity index (χ4n) is 0.300. The van der Waals surface area contributed by atoms with E-state index >= 15 is 0 Å². The van der Waals surface area contributed by atoms with Gasteiger partial charge in [0.2, 0.25) is 0 Å². The largest absolute Gasteiger partial charge is 2.00 e. The van der Waals surface area contributed by atoms with Crippen LogP contribution in [0.25, 0.3) is 0 Å². The van der Waals surface area contributed by atoms with E-state index in [0.29, 0.717) is 6.61 Å². The minimum absolute atomic E-state index is 0. The molecule has 0 aliphatic rings. The number of unbranched alkanes of at least 4 members (excludes halogenated alkanes) is 1. The summed E-state index contributed by atoms with van der Waals surface area (Å²) in [6.07, 6.45) is 2.16. The second-order valence-electron chi connectivity index (χ2n) is 1.86. The van der Waals surface area contributed by atoms with Gasteiger partial charge in [-0.15, -0.1) is 0 Å². The van der Waals surface area contributed by atoms with E-state index in [-0.39, 0.29) is 51.0 Å². The monoisotopic (exact) mass is 331 g/mol. The number of hydrogen-bond donors (Lipinski definition) is 0. The molecule has 0 saturated heterocycles. The molecule has 0 heterocycles. The Morgan fingerprint density at radius 2 is 1.80 bits per heavy atom. The van der Waals surface area contributed by atoms with Crippen LogP contribution in [0.5, 0.6) is 0 Å². The van der Waals surface area contributed by atoms with Gasteiger partial charge in [-0.05, 0) is 6.42 Å². The van der Waals surface area contributed by atoms with Crippen molar-refractivity contribution in [3.8, 4) is 0 Å². The summed E-state index contributed by atoms with van der Waals surface area (Å²) in [6.45, 7) is 2.77. The Bertz CT molecular complexity index is 225. The van der Waals surface area contributed by atoms with Crippen molar-refractivity contribution in [2.24, 2.45) is 0 Å². The third kappa shape index (κ3) is 66.9. The van der Waals surface area contributed by atoms with E-state index < -0.39 is 10.4 Å². The molecule has 0 bridgehead atoms. The van der Waals surface area contributed by atoms with Crippen LogP contribution in [0.15, 0.2) is 0 Å². The fourth-order valence-corrected chi connectivity index (χ4v) is 0.467. The van der Waals surface area contributed by atoms with Crippen LogP contribution in [-0.4, -0.2) is 28.5 Å². The maximum Gasteiger partial charge on any atom is 2.00 e. The first kappa shape index (κ1) is 25.4. The van der Waals surface area contributed by atoms with Crippen LogP contribution in [0.4, 0.5) is 0 Å². The van der Waals surface area contributed by atoms with Gasteiger partial charge in [-0.2, -0.15) is 0 Å². The van der Waals surface area contributed by atoms with Crippen LogP contribution in [0.1, 0.15) is 19.8 Å². The van der Waals surface area contributed by atoms with Gasteiger partial charge in [0.1, 0.15) is 0 Å². The molecule has 10 heteroatoms. The van der Waals surface area contributed by atoms with Gasteiger partial charge < -0.3 is 38.7 Å². The van der Waals surface area contributed by atoms with Gasteiger partial charge >= 0.3 is 46.6 Å². The summed E-state index contributed by atoms with van der Waals surface area (Å²) in [6, 6.07) is 0. The van der Waals surface area contributed by atoms with Crippen LogP contribution >= 0.6 is 12.2 Å². The number of rotatable bonds is 3. The molecule has 0 rings (SSSR count). The average molecular weight is 332 g/mol. The third-order valence-electron chi connectivity index (χ3n) is 0.718. The second-order valence-corrected chi connectivity index (χ2v) is 3.68. The number of ether oxygens (including phenoxy) is 1. The van der Waals surface area contributed by atoms with Crippen molar-refractivity contribution >= 4 is 39.6 Å². The first-order valence-corrected chi connectivity index (χ1v) is 5.42. The average Bonchev–Trinajstić information content (AvgIpc) is 1.83. The van der Waals surface area contributed by atoms with Gasteiger partial charge in [0.25, 0.3) is 0 Å². The first-order chi connectivity index (χ1) is 5.77. The Labute approximate surface area is 133 Å². The van der Waals surface area contributed by atoms with Crippen LogP contribution in [0.3, 0.4) is 0 Å². The van der Waals surface area contributed by atoms with Crippen LogP contribution < -0.4 is 29.6 Å². The Hall–Kier alpha value is 1.50. The van der Waals surface area contributed by atoms with Gasteiger partial charge in [0.15, 0.2) is 0 Å². The molecule has 0 atom stereocenters. The summed E-state index contributed by atoms with van der Waals surface area (Å²) in [5, 5.41) is 0. The van der Waals surface area contributed by atoms with Crippen molar-refractivity contribution in [2.75, 3.05) is 6.61 Å². The Kier molecular flexibility index (Phi) is 26.2. The predicted molar refractivity (Wildman–Crippen MR) is 51.3 cm³/mol. The zero-order valence-electron chi connectivity index (χ0n) is 8.19. The van der Waals surface area contributed by atoms with Crippen molar-refractivity contribution in [1.29, 1.82) is 0 Å². The molecule has 0 aromatic rings. The van der Waals surface area contributed by atoms with Crippen molar-refractivity contribution in [2.45, 2.75) is 19.8 Å². The molecule has 15 heavy (non-hydrogen) atoms. The number of hydrogen-bond acceptors (Lipinski definition) is 7. The maximum absolute atomic E-state index is 8.52. The fraction of sp³-hybridized carbons (Fsp3) is 0.800. The molecular weight excluding hydrogens is 323 g/mol. The molecule has 0 saturated carbocycles. The van der Waals surface area contributed by atoms with Gasteiger partial charge in [0.05, 0.1) is 6.61 Å². The summed E-state index contributed by atoms with van der Waals surface area (Å²) in [7, 11) is -5.17. The standard InChI is InChI=1S/C5H10OS2.Cu.Na.H2O4S/c1-2-3-4-6-5(7)8;;;1-5(2,3)4/h2-4H2,1H3,(H,7,8);;;(H2,1,2,3,4)/q;+2;+1;/p-3. The van der Waals surface area contributed by atoms with Gasteiger partial charge in [0, 0.05) is 14.8 Å². The SMILES string of the molecule is CCCCOC(=S)[S-].O=S(=O)([O-])[O-].[Cu+2].[Na+]. The second kappa shape index (κ2) is 15.5. The molecule has 0 fully saturated rings. The van der Waals surface area contributed by atoms with Crippen LogP contribution in [0.2, 0.25) is 0 Å². The van der Waals surface area contributed by atoms with Crippen molar-refractivity contribution in [3.05, 3.63) is 0 Å². The summed E-state index contributed by atoms with van der Waals surface area (Å²) >= 11 is 9.00. The molecule has 0 aliphatic heterocycles.